The monoisotopic (exact) mass is 367 g/mol. The van der Waals surface area contributed by atoms with Gasteiger partial charge in [0.25, 0.3) is 11.8 Å². The molecule has 3 aromatic rings. The number of aromatic nitrogens is 2. The number of para-hydroxylation sites is 1. The van der Waals surface area contributed by atoms with Gasteiger partial charge in [0.05, 0.1) is 23.0 Å². The SMILES string of the molecule is O=C(ON1C(=O)c2ccccc2C1=O)c1cnn(-c2ccccc2)c1Cl. The summed E-state index contributed by atoms with van der Waals surface area (Å²) in [5.41, 5.74) is 0.942. The van der Waals surface area contributed by atoms with Crippen molar-refractivity contribution in [3.63, 3.8) is 0 Å². The van der Waals surface area contributed by atoms with Crippen LogP contribution < -0.4 is 0 Å². The zero-order valence-electron chi connectivity index (χ0n) is 13.1. The van der Waals surface area contributed by atoms with Crippen molar-refractivity contribution in [1.82, 2.24) is 14.8 Å². The van der Waals surface area contributed by atoms with Crippen LogP contribution in [0.25, 0.3) is 5.69 Å². The van der Waals surface area contributed by atoms with Gasteiger partial charge >= 0.3 is 5.97 Å². The summed E-state index contributed by atoms with van der Waals surface area (Å²) >= 11 is 6.21. The van der Waals surface area contributed by atoms with E-state index in [1.807, 2.05) is 6.07 Å². The van der Waals surface area contributed by atoms with Crippen LogP contribution in [0.5, 0.6) is 0 Å². The van der Waals surface area contributed by atoms with Crippen LogP contribution in [-0.4, -0.2) is 32.6 Å². The van der Waals surface area contributed by atoms with Gasteiger partial charge in [0, 0.05) is 0 Å². The number of fused-ring (bicyclic) bond motifs is 1. The highest BCUT2D eigenvalue weighted by atomic mass is 35.5. The molecule has 2 aromatic carbocycles. The number of amides is 2. The van der Waals surface area contributed by atoms with E-state index in [0.717, 1.165) is 0 Å². The fourth-order valence-electron chi connectivity index (χ4n) is 2.60. The Morgan fingerprint density at radius 1 is 0.923 bits per heavy atom. The standard InChI is InChI=1S/C18H10ClN3O4/c19-15-14(10-20-21(15)11-6-2-1-3-7-11)18(25)26-22-16(23)12-8-4-5-9-13(12)17(22)24/h1-10H. The van der Waals surface area contributed by atoms with E-state index >= 15 is 0 Å². The fourth-order valence-corrected chi connectivity index (χ4v) is 2.87. The Bertz CT molecular complexity index is 1010. The molecule has 0 spiro atoms. The molecule has 26 heavy (non-hydrogen) atoms. The van der Waals surface area contributed by atoms with Crippen LogP contribution >= 0.6 is 11.6 Å². The fraction of sp³-hybridized carbons (Fsp3) is 0. The molecule has 1 aromatic heterocycles. The first kappa shape index (κ1) is 16.0. The third-order valence-electron chi connectivity index (χ3n) is 3.86. The van der Waals surface area contributed by atoms with E-state index in [0.29, 0.717) is 10.8 Å². The lowest BCUT2D eigenvalue weighted by Crippen LogP contribution is -2.32. The molecule has 128 valence electrons. The second kappa shape index (κ2) is 6.12. The molecular weight excluding hydrogens is 358 g/mol. The lowest BCUT2D eigenvalue weighted by atomic mass is 10.1. The van der Waals surface area contributed by atoms with Gasteiger partial charge in [-0.1, -0.05) is 47.0 Å². The van der Waals surface area contributed by atoms with Crippen LogP contribution in [0.15, 0.2) is 60.8 Å². The largest absolute Gasteiger partial charge is 0.368 e. The molecule has 0 bridgehead atoms. The Kier molecular flexibility index (Phi) is 3.78. The van der Waals surface area contributed by atoms with Gasteiger partial charge < -0.3 is 4.84 Å². The molecule has 4 rings (SSSR count). The summed E-state index contributed by atoms with van der Waals surface area (Å²) in [6.45, 7) is 0. The van der Waals surface area contributed by atoms with Gasteiger partial charge in [-0.05, 0) is 24.3 Å². The van der Waals surface area contributed by atoms with Crippen molar-refractivity contribution in [2.24, 2.45) is 0 Å². The van der Waals surface area contributed by atoms with Gasteiger partial charge in [0.1, 0.15) is 10.7 Å². The van der Waals surface area contributed by atoms with Gasteiger partial charge in [-0.15, -0.1) is 0 Å². The zero-order chi connectivity index (χ0) is 18.3. The quantitative estimate of drug-likeness (QED) is 0.665. The van der Waals surface area contributed by atoms with Gasteiger partial charge in [0.15, 0.2) is 0 Å². The lowest BCUT2D eigenvalue weighted by Gasteiger charge is -2.12. The summed E-state index contributed by atoms with van der Waals surface area (Å²) < 4.78 is 1.35. The van der Waals surface area contributed by atoms with Crippen molar-refractivity contribution in [3.05, 3.63) is 82.6 Å². The van der Waals surface area contributed by atoms with Crippen LogP contribution in [0, 0.1) is 0 Å². The molecule has 0 atom stereocenters. The molecule has 1 aliphatic heterocycles. The van der Waals surface area contributed by atoms with E-state index in [2.05, 4.69) is 5.10 Å². The first-order chi connectivity index (χ1) is 12.6. The first-order valence-corrected chi connectivity index (χ1v) is 7.95. The summed E-state index contributed by atoms with van der Waals surface area (Å²) in [5, 5.41) is 4.50. The molecule has 0 saturated heterocycles. The van der Waals surface area contributed by atoms with E-state index in [-0.39, 0.29) is 21.8 Å². The molecule has 0 saturated carbocycles. The number of halogens is 1. The Morgan fingerprint density at radius 3 is 2.12 bits per heavy atom. The van der Waals surface area contributed by atoms with Crippen LogP contribution in [0.4, 0.5) is 0 Å². The Labute approximate surface area is 152 Å². The highest BCUT2D eigenvalue weighted by molar-refractivity contribution is 6.33. The Balaban J connectivity index is 1.60. The molecule has 2 amide bonds. The minimum atomic E-state index is -0.952. The maximum Gasteiger partial charge on any atom is 0.368 e. The lowest BCUT2D eigenvalue weighted by molar-refractivity contribution is -0.0584. The average molecular weight is 368 g/mol. The van der Waals surface area contributed by atoms with Crippen LogP contribution in [0.2, 0.25) is 5.15 Å². The third kappa shape index (κ3) is 2.46. The summed E-state index contributed by atoms with van der Waals surface area (Å²) in [4.78, 5) is 41.9. The molecule has 7 nitrogen and oxygen atoms in total. The van der Waals surface area contributed by atoms with Crippen molar-refractivity contribution in [3.8, 4) is 5.69 Å². The molecule has 8 heteroatoms. The molecule has 0 aliphatic carbocycles. The topological polar surface area (TPSA) is 81.5 Å². The summed E-state index contributed by atoms with van der Waals surface area (Å²) in [7, 11) is 0. The second-order valence-electron chi connectivity index (χ2n) is 5.43. The maximum atomic E-state index is 12.4. The van der Waals surface area contributed by atoms with E-state index in [1.54, 1.807) is 36.4 Å². The molecule has 2 heterocycles. The number of carbonyl (C=O) groups excluding carboxylic acids is 3. The van der Waals surface area contributed by atoms with E-state index < -0.39 is 17.8 Å². The van der Waals surface area contributed by atoms with Crippen LogP contribution in [0.3, 0.4) is 0 Å². The number of benzene rings is 2. The number of nitrogens with zero attached hydrogens (tertiary/aromatic N) is 3. The number of carbonyl (C=O) groups is 3. The molecule has 0 radical (unpaired) electrons. The normalized spacial score (nSPS) is 13.0. The minimum Gasteiger partial charge on any atom is -0.324 e. The van der Waals surface area contributed by atoms with Crippen molar-refractivity contribution >= 4 is 29.4 Å². The average Bonchev–Trinajstić information content (AvgIpc) is 3.16. The Morgan fingerprint density at radius 2 is 1.50 bits per heavy atom. The van der Waals surface area contributed by atoms with Crippen molar-refractivity contribution in [2.45, 2.75) is 0 Å². The predicted molar refractivity (Wildman–Crippen MR) is 90.9 cm³/mol. The smallest absolute Gasteiger partial charge is 0.324 e. The Hall–Kier alpha value is -3.45. The van der Waals surface area contributed by atoms with E-state index in [9.17, 15) is 14.4 Å². The van der Waals surface area contributed by atoms with Gasteiger partial charge in [-0.2, -0.15) is 5.10 Å². The zero-order valence-corrected chi connectivity index (χ0v) is 13.9. The van der Waals surface area contributed by atoms with E-state index in [1.165, 1.54) is 23.0 Å². The molecular formula is C18H10ClN3O4. The predicted octanol–water partition coefficient (Wildman–Crippen LogP) is 2.89. The summed E-state index contributed by atoms with van der Waals surface area (Å²) in [6.07, 6.45) is 1.22. The highest BCUT2D eigenvalue weighted by Gasteiger charge is 2.39. The number of imide groups is 1. The van der Waals surface area contributed by atoms with Crippen molar-refractivity contribution in [2.75, 3.05) is 0 Å². The summed E-state index contributed by atoms with van der Waals surface area (Å²) in [6, 6.07) is 15.2. The van der Waals surface area contributed by atoms with Crippen LogP contribution in [-0.2, 0) is 4.84 Å². The van der Waals surface area contributed by atoms with Gasteiger partial charge in [0.2, 0.25) is 0 Å². The summed E-state index contributed by atoms with van der Waals surface area (Å²) in [5.74, 6) is -2.36. The van der Waals surface area contributed by atoms with Crippen molar-refractivity contribution < 1.29 is 19.2 Å². The number of rotatable bonds is 3. The second-order valence-corrected chi connectivity index (χ2v) is 5.78. The molecule has 0 fully saturated rings. The number of hydroxylamine groups is 2. The first-order valence-electron chi connectivity index (χ1n) is 7.57. The molecule has 1 aliphatic rings. The number of hydrogen-bond acceptors (Lipinski definition) is 5. The van der Waals surface area contributed by atoms with Crippen LogP contribution in [0.1, 0.15) is 31.1 Å². The third-order valence-corrected chi connectivity index (χ3v) is 4.23. The van der Waals surface area contributed by atoms with E-state index in [4.69, 9.17) is 16.4 Å². The maximum absolute atomic E-state index is 12.4. The molecule has 0 N–H and O–H groups in total. The van der Waals surface area contributed by atoms with Gasteiger partial charge in [-0.3, -0.25) is 9.59 Å². The minimum absolute atomic E-state index is 0.0119. The number of hydrogen-bond donors (Lipinski definition) is 0. The van der Waals surface area contributed by atoms with Crippen molar-refractivity contribution in [1.29, 1.82) is 0 Å². The highest BCUT2D eigenvalue weighted by Crippen LogP contribution is 2.25. The molecule has 0 unspecified atom stereocenters. The van der Waals surface area contributed by atoms with Gasteiger partial charge in [-0.25, -0.2) is 9.48 Å².